The van der Waals surface area contributed by atoms with Gasteiger partial charge < -0.3 is 14.7 Å². The van der Waals surface area contributed by atoms with Gasteiger partial charge in [0.1, 0.15) is 17.5 Å². The van der Waals surface area contributed by atoms with Crippen LogP contribution in [-0.4, -0.2) is 75.8 Å². The highest BCUT2D eigenvalue weighted by molar-refractivity contribution is 6.33. The molecule has 2 aliphatic rings. The molecule has 0 saturated carbocycles. The summed E-state index contributed by atoms with van der Waals surface area (Å²) in [4.78, 5) is 40.0. The largest absolute Gasteiger partial charge is 0.349 e. The molecule has 11 heteroatoms. The maximum Gasteiger partial charge on any atom is 0.246 e. The number of aromatic nitrogens is 3. The first kappa shape index (κ1) is 31.1. The third kappa shape index (κ3) is 5.43. The number of anilines is 3. The van der Waals surface area contributed by atoms with Crippen LogP contribution < -0.4 is 9.80 Å². The Labute approximate surface area is 263 Å². The van der Waals surface area contributed by atoms with Gasteiger partial charge in [0.05, 0.1) is 33.4 Å². The summed E-state index contributed by atoms with van der Waals surface area (Å²) in [5, 5.41) is 0.287. The van der Waals surface area contributed by atoms with Crippen LogP contribution >= 0.6 is 11.6 Å². The Balaban J connectivity index is 1.74. The molecule has 1 amide bonds. The van der Waals surface area contributed by atoms with Crippen molar-refractivity contribution in [3.63, 3.8) is 0 Å². The Morgan fingerprint density at radius 1 is 1.11 bits per heavy atom. The lowest BCUT2D eigenvalue weighted by Crippen LogP contribution is -2.59. The summed E-state index contributed by atoms with van der Waals surface area (Å²) < 4.78 is 15.1. The van der Waals surface area contributed by atoms with Crippen LogP contribution in [0.15, 0.2) is 60.4 Å². The van der Waals surface area contributed by atoms with Crippen molar-refractivity contribution in [1.29, 1.82) is 0 Å². The molecule has 2 aromatic heterocycles. The highest BCUT2D eigenvalue weighted by Gasteiger charge is 2.38. The molecule has 0 radical (unpaired) electrons. The lowest BCUT2D eigenvalue weighted by atomic mass is 10.0. The second-order valence-corrected chi connectivity index (χ2v) is 12.2. The van der Waals surface area contributed by atoms with Gasteiger partial charge in [-0.15, -0.1) is 0 Å². The number of fused-ring (bicyclic) bond motifs is 1. The molecule has 0 aliphatic carbocycles. The minimum absolute atomic E-state index is 0.0294. The number of hydrogen-bond donors (Lipinski definition) is 0. The molecule has 9 nitrogen and oxygen atoms in total. The molecule has 2 unspecified atom stereocenters. The van der Waals surface area contributed by atoms with Gasteiger partial charge in [-0.2, -0.15) is 0 Å². The second kappa shape index (κ2) is 12.0. The highest BCUT2D eigenvalue weighted by Crippen LogP contribution is 2.44. The summed E-state index contributed by atoms with van der Waals surface area (Å²) >= 11 is 6.88. The van der Waals surface area contributed by atoms with Gasteiger partial charge in [0, 0.05) is 44.8 Å². The predicted octanol–water partition coefficient (Wildman–Crippen LogP) is 6.31. The number of carbonyl (C=O) groups excluding carboxylic acids is 1. The van der Waals surface area contributed by atoms with E-state index in [2.05, 4.69) is 31.9 Å². The van der Waals surface area contributed by atoms with E-state index in [0.29, 0.717) is 47.8 Å². The molecular weight excluding hydrogens is 579 g/mol. The maximum atomic E-state index is 15.1. The monoisotopic (exact) mass is 616 g/mol. The van der Waals surface area contributed by atoms with E-state index < -0.39 is 5.82 Å². The minimum atomic E-state index is -0.430. The van der Waals surface area contributed by atoms with Crippen molar-refractivity contribution in [1.82, 2.24) is 24.8 Å². The number of piperazine rings is 1. The van der Waals surface area contributed by atoms with Gasteiger partial charge in [0.2, 0.25) is 11.9 Å². The van der Waals surface area contributed by atoms with E-state index in [0.717, 1.165) is 17.1 Å². The van der Waals surface area contributed by atoms with Crippen LogP contribution in [0.4, 0.5) is 21.8 Å². The molecule has 1 aromatic carbocycles. The summed E-state index contributed by atoms with van der Waals surface area (Å²) in [5.41, 5.74) is 3.50. The van der Waals surface area contributed by atoms with Crippen molar-refractivity contribution >= 4 is 40.8 Å². The molecule has 2 aliphatic heterocycles. The number of aryl methyl sites for hydroxylation is 1. The summed E-state index contributed by atoms with van der Waals surface area (Å²) in [6.45, 7) is 19.2. The van der Waals surface area contributed by atoms with Crippen LogP contribution in [0.3, 0.4) is 0 Å². The van der Waals surface area contributed by atoms with Crippen molar-refractivity contribution in [2.75, 3.05) is 37.0 Å². The molecule has 0 bridgehead atoms. The average molecular weight is 617 g/mol. The smallest absolute Gasteiger partial charge is 0.246 e. The van der Waals surface area contributed by atoms with Crippen LogP contribution in [0, 0.1) is 12.7 Å². The van der Waals surface area contributed by atoms with Crippen molar-refractivity contribution in [2.45, 2.75) is 52.6 Å². The fourth-order valence-electron chi connectivity index (χ4n) is 5.76. The van der Waals surface area contributed by atoms with Crippen LogP contribution in [0.1, 0.15) is 50.6 Å². The zero-order valence-corrected chi connectivity index (χ0v) is 27.0. The maximum absolute atomic E-state index is 15.1. The minimum Gasteiger partial charge on any atom is -0.349 e. The lowest BCUT2D eigenvalue weighted by Gasteiger charge is -2.46. The van der Waals surface area contributed by atoms with Gasteiger partial charge in [0.25, 0.3) is 0 Å². The summed E-state index contributed by atoms with van der Waals surface area (Å²) in [6, 6.07) is 8.04. The summed E-state index contributed by atoms with van der Waals surface area (Å²) in [5.74, 6) is 1.63. The van der Waals surface area contributed by atoms with Crippen molar-refractivity contribution in [3.8, 4) is 11.3 Å². The Morgan fingerprint density at radius 3 is 2.45 bits per heavy atom. The predicted molar refractivity (Wildman–Crippen MR) is 175 cm³/mol. The Hall–Kier alpha value is -4.31. The normalized spacial score (nSPS) is 18.4. The summed E-state index contributed by atoms with van der Waals surface area (Å²) in [6.07, 6.45) is 1.35. The molecule has 4 heterocycles. The SMILES string of the molecule is C=CC(=O)N1CC(C)N(C2=NC(=C)N(c3c(C)nc(N(C)C)nc3C(C)C)c3nc(-c4ccccc4F)c(Cl)cc32)CC1C. The van der Waals surface area contributed by atoms with Crippen molar-refractivity contribution in [3.05, 3.63) is 83.2 Å². The quantitative estimate of drug-likeness (QED) is 0.311. The number of hydrogen-bond acceptors (Lipinski definition) is 8. The third-order valence-corrected chi connectivity index (χ3v) is 8.28. The van der Waals surface area contributed by atoms with E-state index >= 15 is 4.39 Å². The van der Waals surface area contributed by atoms with E-state index in [9.17, 15) is 4.79 Å². The number of benzene rings is 1. The molecule has 1 saturated heterocycles. The van der Waals surface area contributed by atoms with Gasteiger partial charge in [-0.25, -0.2) is 24.3 Å². The van der Waals surface area contributed by atoms with E-state index in [1.54, 1.807) is 24.3 Å². The zero-order chi connectivity index (χ0) is 32.0. The van der Waals surface area contributed by atoms with E-state index in [1.807, 2.05) is 49.6 Å². The molecule has 3 aromatic rings. The highest BCUT2D eigenvalue weighted by atomic mass is 35.5. The van der Waals surface area contributed by atoms with Gasteiger partial charge >= 0.3 is 0 Å². The fourth-order valence-corrected chi connectivity index (χ4v) is 6.02. The Morgan fingerprint density at radius 2 is 1.82 bits per heavy atom. The molecule has 0 N–H and O–H groups in total. The molecular formula is C33H38ClFN8O. The van der Waals surface area contributed by atoms with Crippen LogP contribution in [0.25, 0.3) is 11.3 Å². The number of aliphatic imine (C=N–C) groups is 1. The number of nitrogens with zero attached hydrogens (tertiary/aromatic N) is 8. The number of amidine groups is 1. The average Bonchev–Trinajstić information content (AvgIpc) is 2.97. The third-order valence-electron chi connectivity index (χ3n) is 7.99. The number of rotatable bonds is 5. The van der Waals surface area contributed by atoms with Gasteiger partial charge in [0.15, 0.2) is 5.82 Å². The van der Waals surface area contributed by atoms with Crippen LogP contribution in [-0.2, 0) is 4.79 Å². The topological polar surface area (TPSA) is 81.1 Å². The second-order valence-electron chi connectivity index (χ2n) is 11.8. The Bertz CT molecular complexity index is 1690. The molecule has 44 heavy (non-hydrogen) atoms. The molecule has 2 atom stereocenters. The van der Waals surface area contributed by atoms with Crippen molar-refractivity contribution < 1.29 is 9.18 Å². The Kier molecular flexibility index (Phi) is 8.49. The van der Waals surface area contributed by atoms with Crippen LogP contribution in [0.2, 0.25) is 5.02 Å². The number of halogens is 2. The first-order chi connectivity index (χ1) is 20.8. The van der Waals surface area contributed by atoms with Crippen LogP contribution in [0.5, 0.6) is 0 Å². The first-order valence-corrected chi connectivity index (χ1v) is 15.0. The standard InChI is InChI=1S/C33H38ClFN8O/c1-10-27(44)41-16-20(5)42(17-19(41)4)31-24-15-25(34)29(23-13-11-12-14-26(23)35)38-32(24)43(22(7)37-31)30-21(6)36-33(40(8)9)39-28(30)18(2)3/h10-15,18-20H,1,7,16-17H2,2-6,8-9H3. The van der Waals surface area contributed by atoms with E-state index in [1.165, 1.54) is 12.1 Å². The van der Waals surface area contributed by atoms with E-state index in [4.69, 9.17) is 31.5 Å². The molecule has 1 fully saturated rings. The zero-order valence-electron chi connectivity index (χ0n) is 26.3. The first-order valence-electron chi connectivity index (χ1n) is 14.6. The number of carbonyl (C=O) groups is 1. The fraction of sp³-hybridized carbons (Fsp3) is 0.364. The number of pyridine rings is 1. The summed E-state index contributed by atoms with van der Waals surface area (Å²) in [7, 11) is 3.80. The van der Waals surface area contributed by atoms with Crippen molar-refractivity contribution in [2.24, 2.45) is 4.99 Å². The van der Waals surface area contributed by atoms with Gasteiger partial charge in [-0.05, 0) is 51.0 Å². The molecule has 230 valence electrons. The molecule has 5 rings (SSSR count). The number of amides is 1. The lowest BCUT2D eigenvalue weighted by molar-refractivity contribution is -0.130. The van der Waals surface area contributed by atoms with Gasteiger partial charge in [-0.3, -0.25) is 9.69 Å². The molecule has 0 spiro atoms. The van der Waals surface area contributed by atoms with Gasteiger partial charge in [-0.1, -0.05) is 50.7 Å². The van der Waals surface area contributed by atoms with E-state index in [-0.39, 0.29) is 34.5 Å².